The molecule has 4 nitrogen and oxygen atoms in total. The highest BCUT2D eigenvalue weighted by atomic mass is 19.3. The number of aromatic amines is 1. The standard InChI is InChI=1S/C12H11F4N3O/c13-11(14)12(15,16)5-18-10(20)9-4-6-3-7(17)1-2-8(6)19-9/h1-4,11,19H,5,17H2,(H,18,20). The number of hydrogen-bond donors (Lipinski definition) is 3. The van der Waals surface area contributed by atoms with Crippen LogP contribution in [0.1, 0.15) is 10.5 Å². The van der Waals surface area contributed by atoms with Crippen LogP contribution in [0.15, 0.2) is 24.3 Å². The minimum atomic E-state index is -4.26. The van der Waals surface area contributed by atoms with Crippen molar-refractivity contribution in [2.75, 3.05) is 12.3 Å². The molecule has 0 aliphatic rings. The zero-order chi connectivity index (χ0) is 14.9. The van der Waals surface area contributed by atoms with E-state index in [1.807, 2.05) is 0 Å². The second-order valence-corrected chi connectivity index (χ2v) is 4.27. The van der Waals surface area contributed by atoms with Gasteiger partial charge in [-0.1, -0.05) is 0 Å². The first kappa shape index (κ1) is 14.2. The lowest BCUT2D eigenvalue weighted by Crippen LogP contribution is -2.41. The van der Waals surface area contributed by atoms with Crippen LogP contribution in [-0.2, 0) is 0 Å². The number of nitrogens with two attached hydrogens (primary N) is 1. The Morgan fingerprint density at radius 1 is 1.35 bits per heavy atom. The zero-order valence-corrected chi connectivity index (χ0v) is 10.1. The topological polar surface area (TPSA) is 70.9 Å². The molecule has 8 heteroatoms. The largest absolute Gasteiger partial charge is 0.399 e. The average molecular weight is 289 g/mol. The van der Waals surface area contributed by atoms with Crippen LogP contribution in [0.25, 0.3) is 10.9 Å². The van der Waals surface area contributed by atoms with Crippen LogP contribution < -0.4 is 11.1 Å². The monoisotopic (exact) mass is 289 g/mol. The molecule has 0 radical (unpaired) electrons. The number of hydrogen-bond acceptors (Lipinski definition) is 2. The SMILES string of the molecule is Nc1ccc2[nH]c(C(=O)NCC(F)(F)C(F)F)cc2c1. The van der Waals surface area contributed by atoms with Crippen LogP contribution in [0.5, 0.6) is 0 Å². The van der Waals surface area contributed by atoms with E-state index in [9.17, 15) is 22.4 Å². The van der Waals surface area contributed by atoms with Crippen LogP contribution in [0, 0.1) is 0 Å². The summed E-state index contributed by atoms with van der Waals surface area (Å²) in [6.07, 6.45) is -3.83. The van der Waals surface area contributed by atoms with Gasteiger partial charge in [0.15, 0.2) is 0 Å². The van der Waals surface area contributed by atoms with Crippen molar-refractivity contribution >= 4 is 22.5 Å². The molecule has 0 unspecified atom stereocenters. The van der Waals surface area contributed by atoms with Gasteiger partial charge in [-0.3, -0.25) is 4.79 Å². The average Bonchev–Trinajstić information content (AvgIpc) is 2.78. The molecule has 0 saturated carbocycles. The quantitative estimate of drug-likeness (QED) is 0.597. The van der Waals surface area contributed by atoms with Gasteiger partial charge in [0.05, 0.1) is 6.54 Å². The van der Waals surface area contributed by atoms with Crippen molar-refractivity contribution < 1.29 is 22.4 Å². The van der Waals surface area contributed by atoms with E-state index in [1.54, 1.807) is 23.5 Å². The third-order valence-electron chi connectivity index (χ3n) is 2.69. The van der Waals surface area contributed by atoms with Gasteiger partial charge in [-0.25, -0.2) is 8.78 Å². The van der Waals surface area contributed by atoms with Gasteiger partial charge in [0, 0.05) is 16.6 Å². The number of halogens is 4. The number of nitrogens with one attached hydrogen (secondary N) is 2. The number of alkyl halides is 4. The maximum Gasteiger partial charge on any atom is 0.324 e. The summed E-state index contributed by atoms with van der Waals surface area (Å²) >= 11 is 0. The molecule has 0 atom stereocenters. The summed E-state index contributed by atoms with van der Waals surface area (Å²) in [5, 5.41) is 2.39. The highest BCUT2D eigenvalue weighted by Gasteiger charge is 2.40. The number of anilines is 1. The molecule has 2 aromatic rings. The highest BCUT2D eigenvalue weighted by molar-refractivity contribution is 5.98. The van der Waals surface area contributed by atoms with Crippen LogP contribution >= 0.6 is 0 Å². The van der Waals surface area contributed by atoms with Crippen LogP contribution in [0.4, 0.5) is 23.2 Å². The number of benzene rings is 1. The summed E-state index contributed by atoms with van der Waals surface area (Å²) in [6, 6.07) is 6.22. The van der Waals surface area contributed by atoms with E-state index >= 15 is 0 Å². The number of fused-ring (bicyclic) bond motifs is 1. The molecular weight excluding hydrogens is 278 g/mol. The molecule has 0 fully saturated rings. The summed E-state index contributed by atoms with van der Waals surface area (Å²) in [5.74, 6) is -5.15. The Hall–Kier alpha value is -2.25. The maximum absolute atomic E-state index is 12.7. The lowest BCUT2D eigenvalue weighted by molar-refractivity contribution is -0.123. The van der Waals surface area contributed by atoms with Crippen molar-refractivity contribution in [3.8, 4) is 0 Å². The molecule has 1 heterocycles. The highest BCUT2D eigenvalue weighted by Crippen LogP contribution is 2.22. The van der Waals surface area contributed by atoms with E-state index in [-0.39, 0.29) is 5.69 Å². The number of carbonyl (C=O) groups excluding carboxylic acids is 1. The Morgan fingerprint density at radius 3 is 2.70 bits per heavy atom. The van der Waals surface area contributed by atoms with Gasteiger partial charge >= 0.3 is 12.3 Å². The van der Waals surface area contributed by atoms with Crippen LogP contribution in [0.3, 0.4) is 0 Å². The van der Waals surface area contributed by atoms with Gasteiger partial charge in [-0.2, -0.15) is 8.78 Å². The molecule has 1 amide bonds. The number of amides is 1. The van der Waals surface area contributed by atoms with Crippen molar-refractivity contribution in [1.82, 2.24) is 10.3 Å². The lowest BCUT2D eigenvalue weighted by atomic mass is 10.2. The number of aromatic nitrogens is 1. The van der Waals surface area contributed by atoms with E-state index in [0.717, 1.165) is 0 Å². The molecule has 0 bridgehead atoms. The van der Waals surface area contributed by atoms with Gasteiger partial charge in [0.2, 0.25) is 0 Å². The summed E-state index contributed by atoms with van der Waals surface area (Å²) < 4.78 is 49.3. The van der Waals surface area contributed by atoms with Crippen LogP contribution in [-0.4, -0.2) is 29.8 Å². The molecular formula is C12H11F4N3O. The summed E-state index contributed by atoms with van der Waals surface area (Å²) in [4.78, 5) is 14.3. The van der Waals surface area contributed by atoms with E-state index in [1.165, 1.54) is 6.07 Å². The fourth-order valence-electron chi connectivity index (χ4n) is 1.64. The van der Waals surface area contributed by atoms with Crippen LogP contribution in [0.2, 0.25) is 0 Å². The molecule has 0 saturated heterocycles. The van der Waals surface area contributed by atoms with Crippen molar-refractivity contribution in [3.63, 3.8) is 0 Å². The van der Waals surface area contributed by atoms with Crippen molar-refractivity contribution in [2.45, 2.75) is 12.3 Å². The summed E-state index contributed by atoms with van der Waals surface area (Å²) in [5.41, 5.74) is 6.62. The van der Waals surface area contributed by atoms with E-state index in [0.29, 0.717) is 16.6 Å². The van der Waals surface area contributed by atoms with Crippen molar-refractivity contribution in [3.05, 3.63) is 30.0 Å². The summed E-state index contributed by atoms with van der Waals surface area (Å²) in [6.45, 7) is -1.43. The number of nitrogen functional groups attached to an aromatic ring is 1. The smallest absolute Gasteiger partial charge is 0.324 e. The van der Waals surface area contributed by atoms with Crippen molar-refractivity contribution in [1.29, 1.82) is 0 Å². The molecule has 0 spiro atoms. The molecule has 0 aliphatic heterocycles. The Bertz CT molecular complexity index is 639. The molecule has 4 N–H and O–H groups in total. The first-order chi connectivity index (χ1) is 9.29. The van der Waals surface area contributed by atoms with Crippen molar-refractivity contribution in [2.24, 2.45) is 0 Å². The van der Waals surface area contributed by atoms with Gasteiger partial charge in [-0.05, 0) is 24.3 Å². The van der Waals surface area contributed by atoms with Gasteiger partial charge in [-0.15, -0.1) is 0 Å². The zero-order valence-electron chi connectivity index (χ0n) is 10.1. The van der Waals surface area contributed by atoms with Gasteiger partial charge in [0.1, 0.15) is 5.69 Å². The molecule has 1 aromatic heterocycles. The second-order valence-electron chi connectivity index (χ2n) is 4.27. The fraction of sp³-hybridized carbons (Fsp3) is 0.250. The van der Waals surface area contributed by atoms with Gasteiger partial charge < -0.3 is 16.0 Å². The Morgan fingerprint density at radius 2 is 2.05 bits per heavy atom. The molecule has 0 aliphatic carbocycles. The number of H-pyrrole nitrogens is 1. The summed E-state index contributed by atoms with van der Waals surface area (Å²) in [7, 11) is 0. The Kier molecular flexibility index (Phi) is 3.56. The molecule has 1 aromatic carbocycles. The molecule has 108 valence electrons. The maximum atomic E-state index is 12.7. The molecule has 2 rings (SSSR count). The van der Waals surface area contributed by atoms with Gasteiger partial charge in [0.25, 0.3) is 5.91 Å². The fourth-order valence-corrected chi connectivity index (χ4v) is 1.64. The Balaban J connectivity index is 2.12. The first-order valence-electron chi connectivity index (χ1n) is 5.62. The number of carbonyl (C=O) groups is 1. The third-order valence-corrected chi connectivity index (χ3v) is 2.69. The normalized spacial score (nSPS) is 12.1. The Labute approximate surface area is 110 Å². The van der Waals surface area contributed by atoms with E-state index in [2.05, 4.69) is 4.98 Å². The second kappa shape index (κ2) is 5.03. The third kappa shape index (κ3) is 2.84. The number of rotatable bonds is 4. The first-order valence-corrected chi connectivity index (χ1v) is 5.62. The molecule has 20 heavy (non-hydrogen) atoms. The minimum absolute atomic E-state index is 0.00401. The predicted octanol–water partition coefficient (Wildman–Crippen LogP) is 2.38. The predicted molar refractivity (Wildman–Crippen MR) is 66.0 cm³/mol. The van der Waals surface area contributed by atoms with E-state index in [4.69, 9.17) is 5.73 Å². The minimum Gasteiger partial charge on any atom is -0.399 e. The van der Waals surface area contributed by atoms with E-state index < -0.39 is 24.8 Å². The lowest BCUT2D eigenvalue weighted by Gasteiger charge is -2.15.